The Kier molecular flexibility index (Phi) is 5.16. The molecule has 0 aliphatic carbocycles. The highest BCUT2D eigenvalue weighted by atomic mass is 16.5. The van der Waals surface area contributed by atoms with Crippen molar-refractivity contribution in [2.24, 2.45) is 10.7 Å². The predicted molar refractivity (Wildman–Crippen MR) is 83.6 cm³/mol. The molecule has 0 radical (unpaired) electrons. The fourth-order valence-corrected chi connectivity index (χ4v) is 2.30. The summed E-state index contributed by atoms with van der Waals surface area (Å²) in [7, 11) is 0. The molecule has 6 heteroatoms. The lowest BCUT2D eigenvalue weighted by Crippen LogP contribution is -2.45. The normalized spacial score (nSPS) is 15.9. The second-order valence-corrected chi connectivity index (χ2v) is 4.96. The first-order chi connectivity index (χ1) is 10.1. The first kappa shape index (κ1) is 15.3. The second-order valence-electron chi connectivity index (χ2n) is 4.96. The molecule has 1 aliphatic rings. The number of nitrogens with one attached hydrogen (secondary N) is 1. The Morgan fingerprint density at radius 3 is 2.81 bits per heavy atom. The van der Waals surface area contributed by atoms with Crippen molar-refractivity contribution in [1.29, 1.82) is 0 Å². The van der Waals surface area contributed by atoms with Crippen LogP contribution in [0, 0.1) is 6.92 Å². The zero-order valence-corrected chi connectivity index (χ0v) is 12.6. The van der Waals surface area contributed by atoms with Gasteiger partial charge in [0.1, 0.15) is 0 Å². The minimum absolute atomic E-state index is 0.238. The number of para-hydroxylation sites is 1. The van der Waals surface area contributed by atoms with E-state index in [2.05, 4.69) is 17.2 Å². The van der Waals surface area contributed by atoms with Crippen LogP contribution in [-0.4, -0.2) is 43.2 Å². The molecule has 0 spiro atoms. The van der Waals surface area contributed by atoms with E-state index in [1.165, 1.54) is 0 Å². The Hall–Kier alpha value is -2.08. The molecule has 1 aliphatic heterocycles. The molecule has 3 N–H and O–H groups in total. The van der Waals surface area contributed by atoms with Crippen LogP contribution in [0.4, 0.5) is 10.5 Å². The summed E-state index contributed by atoms with van der Waals surface area (Å²) < 4.78 is 5.24. The third-order valence-electron chi connectivity index (χ3n) is 3.52. The summed E-state index contributed by atoms with van der Waals surface area (Å²) in [4.78, 5) is 17.8. The van der Waals surface area contributed by atoms with Crippen molar-refractivity contribution in [3.8, 4) is 0 Å². The number of carbonyl (C=O) groups is 1. The Balaban J connectivity index is 2.07. The van der Waals surface area contributed by atoms with Crippen LogP contribution in [0.3, 0.4) is 0 Å². The third kappa shape index (κ3) is 3.95. The number of rotatable bonds is 2. The third-order valence-corrected chi connectivity index (χ3v) is 3.52. The molecule has 0 atom stereocenters. The van der Waals surface area contributed by atoms with E-state index in [1.807, 2.05) is 30.0 Å². The molecule has 1 fully saturated rings. The molecule has 21 heavy (non-hydrogen) atoms. The van der Waals surface area contributed by atoms with Crippen molar-refractivity contribution in [2.75, 3.05) is 31.6 Å². The summed E-state index contributed by atoms with van der Waals surface area (Å²) in [6.45, 7) is 6.55. The number of anilines is 1. The summed E-state index contributed by atoms with van der Waals surface area (Å²) >= 11 is 0. The van der Waals surface area contributed by atoms with E-state index in [0.29, 0.717) is 26.3 Å². The zero-order valence-electron chi connectivity index (χ0n) is 12.6. The van der Waals surface area contributed by atoms with E-state index in [1.54, 1.807) is 0 Å². The minimum atomic E-state index is -0.442. The maximum Gasteiger partial charge on any atom is 0.348 e. The molecule has 6 nitrogen and oxygen atoms in total. The lowest BCUT2D eigenvalue weighted by Gasteiger charge is -2.27. The number of morpholine rings is 1. The van der Waals surface area contributed by atoms with Crippen LogP contribution in [-0.2, 0) is 11.2 Å². The molecule has 1 heterocycles. The SMILES string of the molecule is CCc1cccc(C)c1NC(=O)N=C(N)N1CCOCC1. The van der Waals surface area contributed by atoms with Gasteiger partial charge in [0.2, 0.25) is 5.96 Å². The van der Waals surface area contributed by atoms with Crippen molar-refractivity contribution in [3.63, 3.8) is 0 Å². The van der Waals surface area contributed by atoms with Gasteiger partial charge in [0.15, 0.2) is 0 Å². The smallest absolute Gasteiger partial charge is 0.348 e. The highest BCUT2D eigenvalue weighted by Crippen LogP contribution is 2.21. The number of benzene rings is 1. The number of aliphatic imine (C=N–C) groups is 1. The molecular formula is C15H22N4O2. The fourth-order valence-electron chi connectivity index (χ4n) is 2.30. The standard InChI is InChI=1S/C15H22N4O2/c1-3-12-6-4-5-11(2)13(12)17-15(20)18-14(16)19-7-9-21-10-8-19/h4-6H,3,7-10H2,1-2H3,(H3,16,17,18,20). The number of guanidine groups is 1. The van der Waals surface area contributed by atoms with Gasteiger partial charge in [0.05, 0.1) is 13.2 Å². The molecule has 0 unspecified atom stereocenters. The molecule has 0 bridgehead atoms. The summed E-state index contributed by atoms with van der Waals surface area (Å²) in [5.74, 6) is 0.238. The Morgan fingerprint density at radius 2 is 2.14 bits per heavy atom. The first-order valence-electron chi connectivity index (χ1n) is 7.18. The zero-order chi connectivity index (χ0) is 15.2. The van der Waals surface area contributed by atoms with E-state index in [-0.39, 0.29) is 5.96 Å². The Morgan fingerprint density at radius 1 is 1.43 bits per heavy atom. The van der Waals surface area contributed by atoms with Crippen molar-refractivity contribution in [1.82, 2.24) is 4.90 Å². The number of ether oxygens (including phenoxy) is 1. The van der Waals surface area contributed by atoms with Crippen LogP contribution < -0.4 is 11.1 Å². The number of amides is 2. The number of nitrogens with zero attached hydrogens (tertiary/aromatic N) is 2. The lowest BCUT2D eigenvalue weighted by atomic mass is 10.1. The maximum absolute atomic E-state index is 12.0. The molecule has 2 amide bonds. The maximum atomic E-state index is 12.0. The van der Waals surface area contributed by atoms with E-state index in [0.717, 1.165) is 23.2 Å². The van der Waals surface area contributed by atoms with Crippen LogP contribution in [0.25, 0.3) is 0 Å². The van der Waals surface area contributed by atoms with E-state index in [9.17, 15) is 4.79 Å². The number of aryl methyl sites for hydroxylation is 2. The summed E-state index contributed by atoms with van der Waals surface area (Å²) in [6, 6.07) is 5.50. The quantitative estimate of drug-likeness (QED) is 0.642. The number of nitrogens with two attached hydrogens (primary N) is 1. The molecule has 1 aromatic carbocycles. The van der Waals surface area contributed by atoms with Gasteiger partial charge in [-0.1, -0.05) is 25.1 Å². The molecule has 0 saturated carbocycles. The van der Waals surface area contributed by atoms with Gasteiger partial charge in [-0.25, -0.2) is 4.79 Å². The summed E-state index contributed by atoms with van der Waals surface area (Å²) in [5, 5.41) is 2.84. The first-order valence-corrected chi connectivity index (χ1v) is 7.18. The number of urea groups is 1. The summed E-state index contributed by atoms with van der Waals surface area (Å²) in [5.41, 5.74) is 8.80. The van der Waals surface area contributed by atoms with Crippen LogP contribution in [0.5, 0.6) is 0 Å². The van der Waals surface area contributed by atoms with E-state index in [4.69, 9.17) is 10.5 Å². The summed E-state index contributed by atoms with van der Waals surface area (Å²) in [6.07, 6.45) is 0.847. The minimum Gasteiger partial charge on any atom is -0.378 e. The lowest BCUT2D eigenvalue weighted by molar-refractivity contribution is 0.0675. The van der Waals surface area contributed by atoms with Gasteiger partial charge in [-0.2, -0.15) is 4.99 Å². The van der Waals surface area contributed by atoms with Gasteiger partial charge >= 0.3 is 6.03 Å². The van der Waals surface area contributed by atoms with Crippen LogP contribution in [0.2, 0.25) is 0 Å². The van der Waals surface area contributed by atoms with Gasteiger partial charge in [0, 0.05) is 18.8 Å². The molecular weight excluding hydrogens is 268 g/mol. The molecule has 2 rings (SSSR count). The van der Waals surface area contributed by atoms with Gasteiger partial charge in [0.25, 0.3) is 0 Å². The highest BCUT2D eigenvalue weighted by Gasteiger charge is 2.14. The van der Waals surface area contributed by atoms with E-state index < -0.39 is 6.03 Å². The second kappa shape index (κ2) is 7.08. The molecule has 114 valence electrons. The van der Waals surface area contributed by atoms with E-state index >= 15 is 0 Å². The monoisotopic (exact) mass is 290 g/mol. The molecule has 0 aromatic heterocycles. The fraction of sp³-hybridized carbons (Fsp3) is 0.467. The van der Waals surface area contributed by atoms with Crippen molar-refractivity contribution >= 4 is 17.7 Å². The van der Waals surface area contributed by atoms with Crippen LogP contribution in [0.1, 0.15) is 18.1 Å². The number of hydrogen-bond donors (Lipinski definition) is 2. The Bertz CT molecular complexity index is 536. The van der Waals surface area contributed by atoms with Gasteiger partial charge in [-0.15, -0.1) is 0 Å². The topological polar surface area (TPSA) is 80.0 Å². The molecule has 1 saturated heterocycles. The molecule has 1 aromatic rings. The number of carbonyl (C=O) groups excluding carboxylic acids is 1. The van der Waals surface area contributed by atoms with Gasteiger partial charge in [-0.05, 0) is 24.5 Å². The largest absolute Gasteiger partial charge is 0.378 e. The van der Waals surface area contributed by atoms with Crippen molar-refractivity contribution in [3.05, 3.63) is 29.3 Å². The van der Waals surface area contributed by atoms with Crippen molar-refractivity contribution in [2.45, 2.75) is 20.3 Å². The Labute approximate surface area is 125 Å². The van der Waals surface area contributed by atoms with Crippen LogP contribution >= 0.6 is 0 Å². The van der Waals surface area contributed by atoms with Gasteiger partial charge in [-0.3, -0.25) is 0 Å². The average Bonchev–Trinajstić information content (AvgIpc) is 2.50. The van der Waals surface area contributed by atoms with Crippen molar-refractivity contribution < 1.29 is 9.53 Å². The van der Waals surface area contributed by atoms with Crippen LogP contribution in [0.15, 0.2) is 23.2 Å². The number of hydrogen-bond acceptors (Lipinski definition) is 2. The average molecular weight is 290 g/mol. The predicted octanol–water partition coefficient (Wildman–Crippen LogP) is 1.74. The highest BCUT2D eigenvalue weighted by molar-refractivity contribution is 5.99. The van der Waals surface area contributed by atoms with Gasteiger partial charge < -0.3 is 20.7 Å².